The van der Waals surface area contributed by atoms with E-state index in [-0.39, 0.29) is 0 Å². The molecule has 0 saturated carbocycles. The van der Waals surface area contributed by atoms with E-state index < -0.39 is 0 Å². The fourth-order valence-electron chi connectivity index (χ4n) is 1.45. The zero-order chi connectivity index (χ0) is 9.97. The molecule has 0 fully saturated rings. The molecule has 2 rings (SSSR count). The number of hydrogen-bond acceptors (Lipinski definition) is 4. The smallest absolute Gasteiger partial charge is 0.149 e. The standard InChI is InChI=1S/C9H12N4S/c1-2-3-7-8(12-13-9(7)10)6-4-11-14-5-6/h4-5H,2-3H2,1H3,(H3,10,12,13). The molecule has 14 heavy (non-hydrogen) atoms. The Balaban J connectivity index is 2.43. The van der Waals surface area contributed by atoms with Crippen LogP contribution in [-0.4, -0.2) is 14.6 Å². The van der Waals surface area contributed by atoms with E-state index in [0.29, 0.717) is 5.82 Å². The highest BCUT2D eigenvalue weighted by Gasteiger charge is 2.11. The summed E-state index contributed by atoms with van der Waals surface area (Å²) >= 11 is 1.43. The lowest BCUT2D eigenvalue weighted by molar-refractivity contribution is 0.927. The fourth-order valence-corrected chi connectivity index (χ4v) is 1.98. The first-order chi connectivity index (χ1) is 6.83. The monoisotopic (exact) mass is 208 g/mol. The normalized spacial score (nSPS) is 10.6. The van der Waals surface area contributed by atoms with Gasteiger partial charge in [0.25, 0.3) is 0 Å². The number of aromatic amines is 1. The van der Waals surface area contributed by atoms with Gasteiger partial charge in [-0.15, -0.1) is 0 Å². The van der Waals surface area contributed by atoms with Crippen molar-refractivity contribution in [1.29, 1.82) is 0 Å². The van der Waals surface area contributed by atoms with Gasteiger partial charge in [0, 0.05) is 16.5 Å². The molecule has 0 bridgehead atoms. The maximum absolute atomic E-state index is 5.77. The molecule has 0 atom stereocenters. The molecule has 0 amide bonds. The van der Waals surface area contributed by atoms with Crippen molar-refractivity contribution in [2.24, 2.45) is 0 Å². The Morgan fingerprint density at radius 2 is 2.43 bits per heavy atom. The van der Waals surface area contributed by atoms with Crippen LogP contribution in [0, 0.1) is 0 Å². The Kier molecular flexibility index (Phi) is 2.49. The quantitative estimate of drug-likeness (QED) is 0.811. The van der Waals surface area contributed by atoms with Crippen LogP contribution in [0.15, 0.2) is 11.6 Å². The highest BCUT2D eigenvalue weighted by molar-refractivity contribution is 7.03. The van der Waals surface area contributed by atoms with Crippen LogP contribution in [0.4, 0.5) is 5.82 Å². The Morgan fingerprint density at radius 3 is 3.07 bits per heavy atom. The minimum Gasteiger partial charge on any atom is -0.382 e. The van der Waals surface area contributed by atoms with Crippen LogP contribution in [0.3, 0.4) is 0 Å². The molecular formula is C9H12N4S. The van der Waals surface area contributed by atoms with Gasteiger partial charge in [0.15, 0.2) is 0 Å². The maximum atomic E-state index is 5.77. The van der Waals surface area contributed by atoms with Gasteiger partial charge >= 0.3 is 0 Å². The van der Waals surface area contributed by atoms with E-state index in [2.05, 4.69) is 21.5 Å². The number of aromatic nitrogens is 3. The molecule has 3 N–H and O–H groups in total. The van der Waals surface area contributed by atoms with Gasteiger partial charge in [-0.25, -0.2) is 4.37 Å². The lowest BCUT2D eigenvalue weighted by Gasteiger charge is -1.98. The van der Waals surface area contributed by atoms with Crippen LogP contribution in [0.5, 0.6) is 0 Å². The Morgan fingerprint density at radius 1 is 1.57 bits per heavy atom. The van der Waals surface area contributed by atoms with E-state index in [1.807, 2.05) is 11.6 Å². The second kappa shape index (κ2) is 3.79. The second-order valence-electron chi connectivity index (χ2n) is 3.13. The number of nitrogens with zero attached hydrogens (tertiary/aromatic N) is 2. The van der Waals surface area contributed by atoms with Gasteiger partial charge in [0.2, 0.25) is 0 Å². The summed E-state index contributed by atoms with van der Waals surface area (Å²) in [5, 5.41) is 8.97. The predicted octanol–water partition coefficient (Wildman–Crippen LogP) is 2.07. The summed E-state index contributed by atoms with van der Waals surface area (Å²) < 4.78 is 4.06. The molecule has 0 aliphatic carbocycles. The Hall–Kier alpha value is -1.36. The zero-order valence-corrected chi connectivity index (χ0v) is 8.77. The summed E-state index contributed by atoms with van der Waals surface area (Å²) in [7, 11) is 0. The molecule has 74 valence electrons. The molecule has 0 aliphatic heterocycles. The summed E-state index contributed by atoms with van der Waals surface area (Å²) in [5.74, 6) is 0.605. The summed E-state index contributed by atoms with van der Waals surface area (Å²) in [4.78, 5) is 0. The summed E-state index contributed by atoms with van der Waals surface area (Å²) in [6.07, 6.45) is 3.85. The van der Waals surface area contributed by atoms with Crippen molar-refractivity contribution in [3.8, 4) is 11.3 Å². The van der Waals surface area contributed by atoms with Gasteiger partial charge in [0.1, 0.15) is 5.82 Å². The minimum absolute atomic E-state index is 0.605. The van der Waals surface area contributed by atoms with Gasteiger partial charge < -0.3 is 5.73 Å². The molecule has 2 heterocycles. The minimum atomic E-state index is 0.605. The molecule has 0 radical (unpaired) electrons. The molecule has 2 aromatic heterocycles. The number of hydrogen-bond donors (Lipinski definition) is 2. The number of nitrogens with one attached hydrogen (secondary N) is 1. The van der Waals surface area contributed by atoms with E-state index in [9.17, 15) is 0 Å². The van der Waals surface area contributed by atoms with Crippen molar-refractivity contribution >= 4 is 17.4 Å². The van der Waals surface area contributed by atoms with Crippen molar-refractivity contribution in [3.05, 3.63) is 17.1 Å². The molecule has 4 nitrogen and oxygen atoms in total. The van der Waals surface area contributed by atoms with Gasteiger partial charge in [0.05, 0.1) is 11.9 Å². The molecular weight excluding hydrogens is 196 g/mol. The van der Waals surface area contributed by atoms with Gasteiger partial charge in [-0.05, 0) is 18.0 Å². The van der Waals surface area contributed by atoms with Gasteiger partial charge in [-0.1, -0.05) is 13.3 Å². The first-order valence-corrected chi connectivity index (χ1v) is 5.39. The average molecular weight is 208 g/mol. The summed E-state index contributed by atoms with van der Waals surface area (Å²) in [6.45, 7) is 2.13. The number of nitrogens with two attached hydrogens (primary N) is 1. The predicted molar refractivity (Wildman–Crippen MR) is 58.1 cm³/mol. The van der Waals surface area contributed by atoms with Crippen molar-refractivity contribution in [2.75, 3.05) is 5.73 Å². The van der Waals surface area contributed by atoms with Crippen LogP contribution >= 0.6 is 11.5 Å². The molecule has 0 aliphatic rings. The number of anilines is 1. The van der Waals surface area contributed by atoms with E-state index in [4.69, 9.17) is 5.73 Å². The molecule has 2 aromatic rings. The molecule has 0 aromatic carbocycles. The molecule has 0 spiro atoms. The number of rotatable bonds is 3. The topological polar surface area (TPSA) is 67.6 Å². The number of nitrogen functional groups attached to an aromatic ring is 1. The van der Waals surface area contributed by atoms with Crippen LogP contribution in [0.2, 0.25) is 0 Å². The van der Waals surface area contributed by atoms with Crippen LogP contribution in [0.25, 0.3) is 11.3 Å². The van der Waals surface area contributed by atoms with Crippen molar-refractivity contribution < 1.29 is 0 Å². The first kappa shape index (κ1) is 9.21. The van der Waals surface area contributed by atoms with Gasteiger partial charge in [-0.2, -0.15) is 5.10 Å². The number of H-pyrrole nitrogens is 1. The van der Waals surface area contributed by atoms with E-state index in [1.165, 1.54) is 11.5 Å². The van der Waals surface area contributed by atoms with Crippen molar-refractivity contribution in [2.45, 2.75) is 19.8 Å². The largest absolute Gasteiger partial charge is 0.382 e. The fraction of sp³-hybridized carbons (Fsp3) is 0.333. The third kappa shape index (κ3) is 1.50. The lowest BCUT2D eigenvalue weighted by Crippen LogP contribution is -1.92. The summed E-state index contributed by atoms with van der Waals surface area (Å²) in [5.41, 5.74) is 8.96. The van der Waals surface area contributed by atoms with Crippen LogP contribution in [-0.2, 0) is 6.42 Å². The maximum Gasteiger partial charge on any atom is 0.149 e. The van der Waals surface area contributed by atoms with E-state index >= 15 is 0 Å². The van der Waals surface area contributed by atoms with E-state index in [1.54, 1.807) is 0 Å². The summed E-state index contributed by atoms with van der Waals surface area (Å²) in [6, 6.07) is 0. The third-order valence-electron chi connectivity index (χ3n) is 2.12. The molecule has 0 unspecified atom stereocenters. The highest BCUT2D eigenvalue weighted by atomic mass is 32.1. The molecule has 5 heteroatoms. The van der Waals surface area contributed by atoms with Crippen molar-refractivity contribution in [1.82, 2.24) is 14.6 Å². The van der Waals surface area contributed by atoms with Gasteiger partial charge in [-0.3, -0.25) is 5.10 Å². The van der Waals surface area contributed by atoms with Crippen LogP contribution < -0.4 is 5.73 Å². The first-order valence-electron chi connectivity index (χ1n) is 4.55. The van der Waals surface area contributed by atoms with E-state index in [0.717, 1.165) is 29.7 Å². The average Bonchev–Trinajstić information content (AvgIpc) is 2.77. The second-order valence-corrected chi connectivity index (χ2v) is 3.78. The van der Waals surface area contributed by atoms with Crippen LogP contribution in [0.1, 0.15) is 18.9 Å². The third-order valence-corrected chi connectivity index (χ3v) is 2.71. The Bertz CT molecular complexity index is 404. The lowest BCUT2D eigenvalue weighted by atomic mass is 10.1. The Labute approximate surface area is 86.3 Å². The van der Waals surface area contributed by atoms with Crippen molar-refractivity contribution in [3.63, 3.8) is 0 Å². The zero-order valence-electron chi connectivity index (χ0n) is 7.95. The molecule has 0 saturated heterocycles. The SMILES string of the molecule is CCCc1c(N)n[nH]c1-c1cnsc1. The highest BCUT2D eigenvalue weighted by Crippen LogP contribution is 2.26.